The Labute approximate surface area is 235 Å². The van der Waals surface area contributed by atoms with Gasteiger partial charge in [-0.3, -0.25) is 4.98 Å². The number of anilines is 1. The maximum Gasteiger partial charge on any atom is 0.319 e. The molecular formula is C30H28ClFN6O2. The molecule has 1 N–H and O–H groups in total. The predicted molar refractivity (Wildman–Crippen MR) is 152 cm³/mol. The summed E-state index contributed by atoms with van der Waals surface area (Å²) in [6.07, 6.45) is 9.11. The summed E-state index contributed by atoms with van der Waals surface area (Å²) < 4.78 is 24.1. The van der Waals surface area contributed by atoms with Gasteiger partial charge in [0.2, 0.25) is 0 Å². The van der Waals surface area contributed by atoms with E-state index in [-0.39, 0.29) is 30.6 Å². The first-order valence-electron chi connectivity index (χ1n) is 13.6. The fourth-order valence-corrected chi connectivity index (χ4v) is 6.60. The topological polar surface area (TPSA) is 89.2 Å². The number of hydrogen-bond acceptors (Lipinski definition) is 7. The van der Waals surface area contributed by atoms with Crippen molar-refractivity contribution >= 4 is 39.1 Å². The molecule has 0 amide bonds. The third-order valence-corrected chi connectivity index (χ3v) is 8.48. The van der Waals surface area contributed by atoms with Crippen molar-refractivity contribution in [1.29, 1.82) is 0 Å². The predicted octanol–water partition coefficient (Wildman–Crippen LogP) is 5.64. The van der Waals surface area contributed by atoms with E-state index in [9.17, 15) is 5.11 Å². The second kappa shape index (κ2) is 10.3. The first kappa shape index (κ1) is 25.2. The van der Waals surface area contributed by atoms with Gasteiger partial charge in [-0.15, -0.1) is 0 Å². The van der Waals surface area contributed by atoms with Crippen LogP contribution < -0.4 is 9.64 Å². The molecule has 10 heteroatoms. The third kappa shape index (κ3) is 4.43. The Morgan fingerprint density at radius 1 is 1.05 bits per heavy atom. The Morgan fingerprint density at radius 3 is 2.65 bits per heavy atom. The highest BCUT2D eigenvalue weighted by molar-refractivity contribution is 6.36. The van der Waals surface area contributed by atoms with Crippen LogP contribution in [-0.2, 0) is 13.2 Å². The average molecular weight is 559 g/mol. The quantitative estimate of drug-likeness (QED) is 0.276. The minimum atomic E-state index is -0.533. The SMILES string of the molecule is OCn1ccnc1CCOc1nc(N2CC3CCC(C3)C2)c2cnc(-c3cccc4cccc(Cl)c34)c(F)c2n1. The molecule has 8 nitrogen and oxygen atoms in total. The van der Waals surface area contributed by atoms with Gasteiger partial charge in [-0.2, -0.15) is 9.97 Å². The molecule has 1 saturated heterocycles. The van der Waals surface area contributed by atoms with Crippen LogP contribution in [0.4, 0.5) is 10.2 Å². The first-order valence-corrected chi connectivity index (χ1v) is 14.0. The minimum absolute atomic E-state index is 0.106. The summed E-state index contributed by atoms with van der Waals surface area (Å²) in [5, 5.41) is 12.3. The number of aliphatic hydroxyl groups excluding tert-OH is 1. The lowest BCUT2D eigenvalue weighted by molar-refractivity contribution is 0.203. The van der Waals surface area contributed by atoms with E-state index < -0.39 is 5.82 Å². The van der Waals surface area contributed by atoms with Crippen molar-refractivity contribution in [3.05, 3.63) is 71.7 Å². The zero-order valence-corrected chi connectivity index (χ0v) is 22.6. The number of piperidine rings is 1. The van der Waals surface area contributed by atoms with Crippen molar-refractivity contribution in [3.63, 3.8) is 0 Å². The van der Waals surface area contributed by atoms with Gasteiger partial charge in [0.05, 0.1) is 12.0 Å². The summed E-state index contributed by atoms with van der Waals surface area (Å²) >= 11 is 6.56. The zero-order valence-electron chi connectivity index (χ0n) is 21.8. The van der Waals surface area contributed by atoms with Crippen LogP contribution in [0.3, 0.4) is 0 Å². The maximum absolute atomic E-state index is 16.4. The number of hydrogen-bond donors (Lipinski definition) is 1. The molecule has 2 aromatic carbocycles. The van der Waals surface area contributed by atoms with E-state index in [1.807, 2.05) is 30.3 Å². The standard InChI is InChI=1S/C30H28ClFN6O2/c31-23-6-2-4-20-3-1-5-21(25(20)23)27-26(32)28-22(14-34-27)29(38-15-18-7-8-19(13-18)16-38)36-30(35-28)40-12-9-24-33-10-11-37(24)17-39/h1-6,10-11,14,18-19,39H,7-9,12-13,15-17H2. The number of pyridine rings is 1. The van der Waals surface area contributed by atoms with Gasteiger partial charge in [0.1, 0.15) is 29.6 Å². The monoisotopic (exact) mass is 558 g/mol. The lowest BCUT2D eigenvalue weighted by Gasteiger charge is -2.33. The number of halogens is 2. The Morgan fingerprint density at radius 2 is 1.85 bits per heavy atom. The third-order valence-electron chi connectivity index (χ3n) is 8.17. The molecule has 204 valence electrons. The number of rotatable bonds is 7. The van der Waals surface area contributed by atoms with E-state index in [2.05, 4.69) is 19.9 Å². The molecule has 7 rings (SSSR count). The van der Waals surface area contributed by atoms with Gasteiger partial charge in [-0.25, -0.2) is 9.37 Å². The number of benzene rings is 2. The molecule has 1 aliphatic carbocycles. The molecule has 2 fully saturated rings. The summed E-state index contributed by atoms with van der Waals surface area (Å²) in [5.74, 6) is 2.03. The normalized spacial score (nSPS) is 18.6. The number of aromatic nitrogens is 5. The first-order chi connectivity index (χ1) is 19.6. The van der Waals surface area contributed by atoms with E-state index in [4.69, 9.17) is 21.3 Å². The second-order valence-electron chi connectivity index (χ2n) is 10.7. The summed E-state index contributed by atoms with van der Waals surface area (Å²) in [7, 11) is 0. The van der Waals surface area contributed by atoms with E-state index in [1.165, 1.54) is 19.3 Å². The highest BCUT2D eigenvalue weighted by Gasteiger charge is 2.34. The van der Waals surface area contributed by atoms with Crippen LogP contribution in [0.15, 0.2) is 55.0 Å². The van der Waals surface area contributed by atoms with Crippen molar-refractivity contribution in [3.8, 4) is 17.3 Å². The Kier molecular flexibility index (Phi) is 6.48. The number of ether oxygens (including phenoxy) is 1. The lowest BCUT2D eigenvalue weighted by atomic mass is 9.98. The summed E-state index contributed by atoms with van der Waals surface area (Å²) in [5.41, 5.74) is 0.964. The summed E-state index contributed by atoms with van der Waals surface area (Å²) in [4.78, 5) is 20.4. The molecule has 4 heterocycles. The number of aliphatic hydroxyl groups is 1. The van der Waals surface area contributed by atoms with Crippen molar-refractivity contribution in [2.45, 2.75) is 32.4 Å². The largest absolute Gasteiger partial charge is 0.463 e. The van der Waals surface area contributed by atoms with Crippen LogP contribution >= 0.6 is 11.6 Å². The van der Waals surface area contributed by atoms with Crippen LogP contribution in [-0.4, -0.2) is 49.3 Å². The molecule has 40 heavy (non-hydrogen) atoms. The molecule has 1 aliphatic heterocycles. The molecule has 2 atom stereocenters. The highest BCUT2D eigenvalue weighted by atomic mass is 35.5. The van der Waals surface area contributed by atoms with Crippen LogP contribution in [0.5, 0.6) is 6.01 Å². The molecule has 0 radical (unpaired) electrons. The number of imidazole rings is 1. The minimum Gasteiger partial charge on any atom is -0.463 e. The van der Waals surface area contributed by atoms with E-state index >= 15 is 4.39 Å². The van der Waals surface area contributed by atoms with Gasteiger partial charge in [0, 0.05) is 54.1 Å². The van der Waals surface area contributed by atoms with Gasteiger partial charge in [-0.05, 0) is 42.6 Å². The maximum atomic E-state index is 16.4. The molecule has 2 bridgehead atoms. The molecule has 0 spiro atoms. The molecule has 2 aliphatic rings. The summed E-state index contributed by atoms with van der Waals surface area (Å²) in [6, 6.07) is 11.4. The molecule has 2 unspecified atom stereocenters. The van der Waals surface area contributed by atoms with E-state index in [1.54, 1.807) is 29.2 Å². The van der Waals surface area contributed by atoms with Crippen LogP contribution in [0.2, 0.25) is 5.02 Å². The van der Waals surface area contributed by atoms with Crippen molar-refractivity contribution in [2.24, 2.45) is 11.8 Å². The van der Waals surface area contributed by atoms with Crippen LogP contribution in [0.1, 0.15) is 25.1 Å². The van der Waals surface area contributed by atoms with Gasteiger partial charge >= 0.3 is 6.01 Å². The fourth-order valence-electron chi connectivity index (χ4n) is 6.32. The number of fused-ring (bicyclic) bond motifs is 4. The fraction of sp³-hybridized carbons (Fsp3) is 0.333. The van der Waals surface area contributed by atoms with E-state index in [0.717, 1.165) is 23.9 Å². The van der Waals surface area contributed by atoms with Crippen molar-refractivity contribution < 1.29 is 14.2 Å². The van der Waals surface area contributed by atoms with Gasteiger partial charge in [0.15, 0.2) is 5.82 Å². The van der Waals surface area contributed by atoms with Gasteiger partial charge in [0.25, 0.3) is 0 Å². The highest BCUT2D eigenvalue weighted by Crippen LogP contribution is 2.41. The lowest BCUT2D eigenvalue weighted by Crippen LogP contribution is -2.37. The number of nitrogens with zero attached hydrogens (tertiary/aromatic N) is 6. The van der Waals surface area contributed by atoms with Crippen molar-refractivity contribution in [1.82, 2.24) is 24.5 Å². The molecule has 5 aromatic rings. The molecule has 3 aromatic heterocycles. The van der Waals surface area contributed by atoms with Gasteiger partial charge < -0.3 is 19.3 Å². The average Bonchev–Trinajstić information content (AvgIpc) is 3.57. The van der Waals surface area contributed by atoms with E-state index in [0.29, 0.717) is 45.9 Å². The smallest absolute Gasteiger partial charge is 0.319 e. The van der Waals surface area contributed by atoms with Crippen LogP contribution in [0.25, 0.3) is 32.9 Å². The molecule has 1 saturated carbocycles. The van der Waals surface area contributed by atoms with Crippen LogP contribution in [0, 0.1) is 17.7 Å². The van der Waals surface area contributed by atoms with Gasteiger partial charge in [-0.1, -0.05) is 41.9 Å². The Bertz CT molecular complexity index is 1710. The summed E-state index contributed by atoms with van der Waals surface area (Å²) in [6.45, 7) is 1.81. The zero-order chi connectivity index (χ0) is 27.2. The Hall–Kier alpha value is -3.82. The Balaban J connectivity index is 1.32. The molecular weight excluding hydrogens is 531 g/mol. The van der Waals surface area contributed by atoms with Crippen molar-refractivity contribution in [2.75, 3.05) is 24.6 Å². The second-order valence-corrected chi connectivity index (χ2v) is 11.1.